The topological polar surface area (TPSA) is 25.8 Å². The van der Waals surface area contributed by atoms with Crippen molar-refractivity contribution >= 4 is 6.08 Å². The summed E-state index contributed by atoms with van der Waals surface area (Å²) in [7, 11) is 0. The smallest absolute Gasteiger partial charge is 0.159 e. The van der Waals surface area contributed by atoms with Crippen LogP contribution >= 0.6 is 0 Å². The second-order valence-corrected chi connectivity index (χ2v) is 5.21. The number of nitrogens with zero attached hydrogens (tertiary/aromatic N) is 2. The zero-order chi connectivity index (χ0) is 18.1. The van der Waals surface area contributed by atoms with Crippen LogP contribution in [0.15, 0.2) is 36.5 Å². The minimum absolute atomic E-state index is 0.649. The molecule has 2 aliphatic rings. The van der Waals surface area contributed by atoms with Gasteiger partial charge in [-0.05, 0) is 24.8 Å². The highest BCUT2D eigenvalue weighted by molar-refractivity contribution is 5.64. The van der Waals surface area contributed by atoms with Gasteiger partial charge in [0.15, 0.2) is 5.82 Å². The summed E-state index contributed by atoms with van der Waals surface area (Å²) < 4.78 is 0. The van der Waals surface area contributed by atoms with Gasteiger partial charge in [0.05, 0.1) is 5.69 Å². The van der Waals surface area contributed by atoms with E-state index in [-0.39, 0.29) is 0 Å². The van der Waals surface area contributed by atoms with Crippen LogP contribution in [-0.2, 0) is 0 Å². The Bertz CT molecular complexity index is 659. The van der Waals surface area contributed by atoms with E-state index in [9.17, 15) is 0 Å². The molecule has 1 saturated carbocycles. The number of hydrogen-bond acceptors (Lipinski definition) is 2. The molecule has 1 aromatic carbocycles. The summed E-state index contributed by atoms with van der Waals surface area (Å²) in [5.74, 6) is 2.25. The third-order valence-electron chi connectivity index (χ3n) is 3.95. The lowest BCUT2D eigenvalue weighted by atomic mass is 10.0. The number of rotatable bonds is 1. The molecule has 2 aromatic rings. The van der Waals surface area contributed by atoms with Gasteiger partial charge in [-0.3, -0.25) is 0 Å². The van der Waals surface area contributed by atoms with E-state index in [4.69, 9.17) is 4.98 Å². The summed E-state index contributed by atoms with van der Waals surface area (Å²) >= 11 is 0. The fraction of sp³-hybridized carbons (Fsp3) is 0.455. The van der Waals surface area contributed by atoms with Gasteiger partial charge < -0.3 is 0 Å². The number of hydrogen-bond donors (Lipinski definition) is 0. The van der Waals surface area contributed by atoms with Crippen LogP contribution in [-0.4, -0.2) is 9.97 Å². The fourth-order valence-corrected chi connectivity index (χ4v) is 2.75. The Morgan fingerprint density at radius 2 is 1.62 bits per heavy atom. The molecule has 2 unspecified atom stereocenters. The highest BCUT2D eigenvalue weighted by atomic mass is 14.9. The van der Waals surface area contributed by atoms with E-state index in [2.05, 4.69) is 42.3 Å². The quantitative estimate of drug-likeness (QED) is 0.586. The highest BCUT2D eigenvalue weighted by Crippen LogP contribution is 2.51. The summed E-state index contributed by atoms with van der Waals surface area (Å²) in [6, 6.07) is 8.31. The third-order valence-corrected chi connectivity index (χ3v) is 3.95. The number of aryl methyl sites for hydroxylation is 1. The van der Waals surface area contributed by atoms with E-state index < -0.39 is 0 Å². The molecule has 130 valence electrons. The Morgan fingerprint density at radius 1 is 0.958 bits per heavy atom. The van der Waals surface area contributed by atoms with Gasteiger partial charge in [-0.15, -0.1) is 0 Å². The van der Waals surface area contributed by atoms with Gasteiger partial charge >= 0.3 is 0 Å². The van der Waals surface area contributed by atoms with Gasteiger partial charge in [-0.2, -0.15) is 0 Å². The Hall–Kier alpha value is -1.96. The Morgan fingerprint density at radius 3 is 2.29 bits per heavy atom. The fourth-order valence-electron chi connectivity index (χ4n) is 2.75. The van der Waals surface area contributed by atoms with Gasteiger partial charge in [-0.1, -0.05) is 78.0 Å². The molecular formula is C22H32N2. The number of benzene rings is 1. The Balaban J connectivity index is 0.000000436. The lowest BCUT2D eigenvalue weighted by Crippen LogP contribution is -2.01. The van der Waals surface area contributed by atoms with E-state index >= 15 is 0 Å². The molecule has 0 spiro atoms. The first kappa shape index (κ1) is 20.1. The molecule has 0 radical (unpaired) electrons. The molecule has 0 N–H and O–H groups in total. The molecule has 24 heavy (non-hydrogen) atoms. The van der Waals surface area contributed by atoms with Gasteiger partial charge in [0.1, 0.15) is 0 Å². The zero-order valence-corrected chi connectivity index (χ0v) is 16.3. The molecule has 0 amide bonds. The molecule has 0 aliphatic heterocycles. The van der Waals surface area contributed by atoms with Gasteiger partial charge in [-0.25, -0.2) is 9.97 Å². The first-order valence-corrected chi connectivity index (χ1v) is 9.44. The minimum atomic E-state index is 0.649. The van der Waals surface area contributed by atoms with Crippen molar-refractivity contribution in [2.75, 3.05) is 0 Å². The highest BCUT2D eigenvalue weighted by Gasteiger charge is 2.41. The molecule has 2 nitrogen and oxygen atoms in total. The summed E-state index contributed by atoms with van der Waals surface area (Å²) in [6.07, 6.45) is 7.69. The lowest BCUT2D eigenvalue weighted by molar-refractivity contribution is 0.921. The summed E-state index contributed by atoms with van der Waals surface area (Å²) in [6.45, 7) is 14.1. The average molecular weight is 325 g/mol. The van der Waals surface area contributed by atoms with E-state index in [1.165, 1.54) is 23.2 Å². The molecule has 1 aromatic heterocycles. The van der Waals surface area contributed by atoms with Gasteiger partial charge in [0.2, 0.25) is 0 Å². The average Bonchev–Trinajstić information content (AvgIpc) is 3.47. The van der Waals surface area contributed by atoms with E-state index in [0.29, 0.717) is 5.92 Å². The van der Waals surface area contributed by atoms with Crippen LogP contribution < -0.4 is 0 Å². The molecule has 1 fully saturated rings. The monoisotopic (exact) mass is 324 g/mol. The molecule has 2 heteroatoms. The lowest BCUT2D eigenvalue weighted by Gasteiger charge is -2.11. The Labute approximate surface area is 148 Å². The largest absolute Gasteiger partial charge is 0.236 e. The first-order chi connectivity index (χ1) is 11.8. The van der Waals surface area contributed by atoms with Crippen LogP contribution in [0.25, 0.3) is 17.5 Å². The van der Waals surface area contributed by atoms with E-state index in [0.717, 1.165) is 17.3 Å². The predicted octanol–water partition coefficient (Wildman–Crippen LogP) is 6.66. The van der Waals surface area contributed by atoms with Crippen molar-refractivity contribution in [3.63, 3.8) is 0 Å². The van der Waals surface area contributed by atoms with Crippen molar-refractivity contribution in [2.45, 2.75) is 60.8 Å². The summed E-state index contributed by atoms with van der Waals surface area (Å²) in [5, 5.41) is 0. The van der Waals surface area contributed by atoms with E-state index in [1.807, 2.05) is 53.8 Å². The molecule has 2 atom stereocenters. The van der Waals surface area contributed by atoms with Crippen LogP contribution in [0.3, 0.4) is 0 Å². The van der Waals surface area contributed by atoms with Gasteiger partial charge in [0, 0.05) is 23.2 Å². The normalized spacial score (nSPS) is 18.3. The standard InChI is InChI=1S/C16H14N2.3C2H6/c1-10-4-2-3-5-13(10)16-17-9-12-7-6-11-8-14(11)15(12)18-16;3*1-2/h2-7,9,11,14H,8H2,1H3;3*1-2H3. The molecular weight excluding hydrogens is 292 g/mol. The van der Waals surface area contributed by atoms with Crippen LogP contribution in [0.2, 0.25) is 0 Å². The van der Waals surface area contributed by atoms with Crippen molar-refractivity contribution in [1.29, 1.82) is 0 Å². The maximum absolute atomic E-state index is 4.80. The first-order valence-electron chi connectivity index (χ1n) is 9.44. The van der Waals surface area contributed by atoms with Crippen LogP contribution in [0, 0.1) is 12.8 Å². The van der Waals surface area contributed by atoms with Crippen LogP contribution in [0.4, 0.5) is 0 Å². The van der Waals surface area contributed by atoms with E-state index in [1.54, 1.807) is 0 Å². The minimum Gasteiger partial charge on any atom is -0.236 e. The maximum atomic E-state index is 4.80. The molecule has 0 saturated heterocycles. The maximum Gasteiger partial charge on any atom is 0.159 e. The van der Waals surface area contributed by atoms with Crippen LogP contribution in [0.1, 0.15) is 70.7 Å². The second-order valence-electron chi connectivity index (χ2n) is 5.21. The molecule has 4 rings (SSSR count). The zero-order valence-electron chi connectivity index (χ0n) is 16.3. The van der Waals surface area contributed by atoms with Crippen LogP contribution in [0.5, 0.6) is 0 Å². The molecule has 2 aliphatic carbocycles. The summed E-state index contributed by atoms with van der Waals surface area (Å²) in [5.41, 5.74) is 4.82. The number of fused-ring (bicyclic) bond motifs is 3. The Kier molecular flexibility index (Phi) is 8.39. The van der Waals surface area contributed by atoms with Crippen molar-refractivity contribution in [1.82, 2.24) is 9.97 Å². The van der Waals surface area contributed by atoms with Crippen molar-refractivity contribution in [3.05, 3.63) is 53.4 Å². The van der Waals surface area contributed by atoms with Gasteiger partial charge in [0.25, 0.3) is 0 Å². The SMILES string of the molecule is CC.CC.CC.Cc1ccccc1-c1ncc2c(n1)C1CC1C=C2. The summed E-state index contributed by atoms with van der Waals surface area (Å²) in [4.78, 5) is 9.32. The molecule has 1 heterocycles. The van der Waals surface area contributed by atoms with Crippen molar-refractivity contribution in [3.8, 4) is 11.4 Å². The number of aromatic nitrogens is 2. The number of allylic oxidation sites excluding steroid dienone is 1. The second kappa shape index (κ2) is 10.0. The van der Waals surface area contributed by atoms with Crippen molar-refractivity contribution < 1.29 is 0 Å². The molecule has 0 bridgehead atoms. The predicted molar refractivity (Wildman–Crippen MR) is 106 cm³/mol. The third kappa shape index (κ3) is 4.31. The van der Waals surface area contributed by atoms with Crippen molar-refractivity contribution in [2.24, 2.45) is 5.92 Å².